The molecule has 0 aliphatic rings. The third-order valence-electron chi connectivity index (χ3n) is 2.21. The molecule has 3 N–H and O–H groups in total. The van der Waals surface area contributed by atoms with Crippen molar-refractivity contribution >= 4 is 17.3 Å². The van der Waals surface area contributed by atoms with Gasteiger partial charge in [0.25, 0.3) is 0 Å². The minimum absolute atomic E-state index is 0.397. The second-order valence-electron chi connectivity index (χ2n) is 3.48. The van der Waals surface area contributed by atoms with Gasteiger partial charge in [-0.3, -0.25) is 9.78 Å². The van der Waals surface area contributed by atoms with Gasteiger partial charge in [-0.2, -0.15) is 0 Å². The molecule has 0 amide bonds. The maximum atomic E-state index is 10.7. The van der Waals surface area contributed by atoms with Crippen molar-refractivity contribution < 1.29 is 9.90 Å². The largest absolute Gasteiger partial charge is 0.480 e. The van der Waals surface area contributed by atoms with Crippen LogP contribution in [0.15, 0.2) is 29.8 Å². The van der Waals surface area contributed by atoms with Gasteiger partial charge in [-0.05, 0) is 12.1 Å². The summed E-state index contributed by atoms with van der Waals surface area (Å²) >= 11 is 1.40. The zero-order chi connectivity index (χ0) is 12.3. The summed E-state index contributed by atoms with van der Waals surface area (Å²) in [6, 6.07) is 4.60. The van der Waals surface area contributed by atoms with Gasteiger partial charge in [-0.25, -0.2) is 4.98 Å². The number of nitrogens with zero attached hydrogens (tertiary/aromatic N) is 2. The highest BCUT2D eigenvalue weighted by molar-refractivity contribution is 7.09. The Balaban J connectivity index is 2.11. The SMILES string of the molecule is NC(C(=O)O)c1csc(Cc2ccccn2)n1. The van der Waals surface area contributed by atoms with E-state index in [1.54, 1.807) is 11.6 Å². The Morgan fingerprint density at radius 2 is 2.35 bits per heavy atom. The maximum absolute atomic E-state index is 10.7. The van der Waals surface area contributed by atoms with Crippen molar-refractivity contribution in [2.24, 2.45) is 5.73 Å². The summed E-state index contributed by atoms with van der Waals surface area (Å²) in [7, 11) is 0. The number of aromatic nitrogens is 2. The lowest BCUT2D eigenvalue weighted by Crippen LogP contribution is -2.20. The van der Waals surface area contributed by atoms with Crippen LogP contribution in [0.3, 0.4) is 0 Å². The van der Waals surface area contributed by atoms with Crippen LogP contribution in [0.2, 0.25) is 0 Å². The molecule has 88 valence electrons. The molecule has 17 heavy (non-hydrogen) atoms. The van der Waals surface area contributed by atoms with Gasteiger partial charge < -0.3 is 10.8 Å². The van der Waals surface area contributed by atoms with Crippen molar-refractivity contribution in [2.45, 2.75) is 12.5 Å². The lowest BCUT2D eigenvalue weighted by Gasteiger charge is -2.00. The number of nitrogens with two attached hydrogens (primary N) is 1. The third kappa shape index (κ3) is 2.86. The first kappa shape index (κ1) is 11.7. The number of carboxylic acid groups (broad SMARTS) is 1. The highest BCUT2D eigenvalue weighted by Gasteiger charge is 2.17. The Bertz CT molecular complexity index is 512. The Hall–Kier alpha value is -1.79. The van der Waals surface area contributed by atoms with Crippen LogP contribution in [0, 0.1) is 0 Å². The predicted molar refractivity (Wildman–Crippen MR) is 63.7 cm³/mol. The first-order chi connectivity index (χ1) is 8.16. The topological polar surface area (TPSA) is 89.1 Å². The molecule has 0 aliphatic heterocycles. The molecule has 0 radical (unpaired) electrons. The first-order valence-corrected chi connectivity index (χ1v) is 5.87. The van der Waals surface area contributed by atoms with E-state index in [-0.39, 0.29) is 0 Å². The van der Waals surface area contributed by atoms with Crippen LogP contribution in [0.1, 0.15) is 22.4 Å². The van der Waals surface area contributed by atoms with Gasteiger partial charge >= 0.3 is 5.97 Å². The Morgan fingerprint density at radius 3 is 3.00 bits per heavy atom. The lowest BCUT2D eigenvalue weighted by molar-refractivity contribution is -0.138. The fourth-order valence-corrected chi connectivity index (χ4v) is 2.18. The standard InChI is InChI=1S/C11H11N3O2S/c12-10(11(15)16)8-6-17-9(14-8)5-7-3-1-2-4-13-7/h1-4,6,10H,5,12H2,(H,15,16). The van der Waals surface area contributed by atoms with Crippen LogP contribution in [-0.2, 0) is 11.2 Å². The quantitative estimate of drug-likeness (QED) is 0.850. The average Bonchev–Trinajstić information content (AvgIpc) is 2.77. The van der Waals surface area contributed by atoms with Gasteiger partial charge in [0.1, 0.15) is 6.04 Å². The maximum Gasteiger partial charge on any atom is 0.326 e. The summed E-state index contributed by atoms with van der Waals surface area (Å²) < 4.78 is 0. The van der Waals surface area contributed by atoms with Crippen molar-refractivity contribution in [1.82, 2.24) is 9.97 Å². The van der Waals surface area contributed by atoms with Gasteiger partial charge in [-0.15, -0.1) is 11.3 Å². The monoisotopic (exact) mass is 249 g/mol. The van der Waals surface area contributed by atoms with Crippen molar-refractivity contribution in [2.75, 3.05) is 0 Å². The zero-order valence-electron chi connectivity index (χ0n) is 8.91. The molecule has 0 fully saturated rings. The lowest BCUT2D eigenvalue weighted by atomic mass is 10.2. The highest BCUT2D eigenvalue weighted by Crippen LogP contribution is 2.17. The number of rotatable bonds is 4. The molecule has 1 unspecified atom stereocenters. The van der Waals surface area contributed by atoms with E-state index in [1.165, 1.54) is 11.3 Å². The molecule has 0 aliphatic carbocycles. The second-order valence-corrected chi connectivity index (χ2v) is 4.42. The minimum Gasteiger partial charge on any atom is -0.480 e. The van der Waals surface area contributed by atoms with Crippen molar-refractivity contribution in [3.05, 3.63) is 46.2 Å². The fraction of sp³-hybridized carbons (Fsp3) is 0.182. The molecule has 2 aromatic rings. The molecular weight excluding hydrogens is 238 g/mol. The highest BCUT2D eigenvalue weighted by atomic mass is 32.1. The molecule has 2 heterocycles. The van der Waals surface area contributed by atoms with Crippen LogP contribution >= 0.6 is 11.3 Å². The first-order valence-electron chi connectivity index (χ1n) is 4.99. The number of hydrogen-bond donors (Lipinski definition) is 2. The van der Waals surface area contributed by atoms with Gasteiger partial charge in [-0.1, -0.05) is 6.07 Å². The molecule has 5 nitrogen and oxygen atoms in total. The van der Waals surface area contributed by atoms with Crippen LogP contribution < -0.4 is 5.73 Å². The van der Waals surface area contributed by atoms with Gasteiger partial charge in [0.2, 0.25) is 0 Å². The Kier molecular flexibility index (Phi) is 3.46. The van der Waals surface area contributed by atoms with E-state index in [1.807, 2.05) is 18.2 Å². The fourth-order valence-electron chi connectivity index (χ4n) is 1.33. The van der Waals surface area contributed by atoms with Crippen molar-refractivity contribution in [1.29, 1.82) is 0 Å². The summed E-state index contributed by atoms with van der Waals surface area (Å²) in [6.45, 7) is 0. The Labute approximate surface area is 102 Å². The van der Waals surface area contributed by atoms with Crippen LogP contribution in [0.5, 0.6) is 0 Å². The molecule has 1 atom stereocenters. The van der Waals surface area contributed by atoms with Crippen LogP contribution in [0.4, 0.5) is 0 Å². The number of thiazole rings is 1. The molecule has 6 heteroatoms. The Morgan fingerprint density at radius 1 is 1.53 bits per heavy atom. The zero-order valence-corrected chi connectivity index (χ0v) is 9.72. The minimum atomic E-state index is -1.07. The summed E-state index contributed by atoms with van der Waals surface area (Å²) in [5.41, 5.74) is 6.77. The summed E-state index contributed by atoms with van der Waals surface area (Å²) in [4.78, 5) is 19.1. The second kappa shape index (κ2) is 5.03. The molecule has 2 aromatic heterocycles. The van der Waals surface area contributed by atoms with Gasteiger partial charge in [0, 0.05) is 23.7 Å². The van der Waals surface area contributed by atoms with Crippen molar-refractivity contribution in [3.63, 3.8) is 0 Å². The summed E-state index contributed by atoms with van der Waals surface area (Å²) in [6.07, 6.45) is 2.31. The van der Waals surface area contributed by atoms with E-state index in [0.717, 1.165) is 10.7 Å². The van der Waals surface area contributed by atoms with E-state index in [2.05, 4.69) is 9.97 Å². The number of pyridine rings is 1. The van der Waals surface area contributed by atoms with Crippen LogP contribution in [0.25, 0.3) is 0 Å². The van der Waals surface area contributed by atoms with Crippen LogP contribution in [-0.4, -0.2) is 21.0 Å². The molecule has 2 rings (SSSR count). The predicted octanol–water partition coefficient (Wildman–Crippen LogP) is 1.21. The molecular formula is C11H11N3O2S. The molecule has 0 saturated carbocycles. The van der Waals surface area contributed by atoms with E-state index in [4.69, 9.17) is 10.8 Å². The number of carbonyl (C=O) groups is 1. The normalized spacial score (nSPS) is 12.3. The van der Waals surface area contributed by atoms with E-state index < -0.39 is 12.0 Å². The smallest absolute Gasteiger partial charge is 0.326 e. The third-order valence-corrected chi connectivity index (χ3v) is 3.08. The van der Waals surface area contributed by atoms with E-state index in [0.29, 0.717) is 12.1 Å². The average molecular weight is 249 g/mol. The van der Waals surface area contributed by atoms with Gasteiger partial charge in [0.15, 0.2) is 0 Å². The molecule has 0 spiro atoms. The molecule has 0 aromatic carbocycles. The van der Waals surface area contributed by atoms with E-state index in [9.17, 15) is 4.79 Å². The summed E-state index contributed by atoms with van der Waals surface area (Å²) in [5, 5.41) is 11.3. The number of aliphatic carboxylic acids is 1. The van der Waals surface area contributed by atoms with Crippen molar-refractivity contribution in [3.8, 4) is 0 Å². The molecule has 0 saturated heterocycles. The van der Waals surface area contributed by atoms with E-state index >= 15 is 0 Å². The number of carboxylic acids is 1. The van der Waals surface area contributed by atoms with Gasteiger partial charge in [0.05, 0.1) is 10.7 Å². The molecule has 0 bridgehead atoms. The number of hydrogen-bond acceptors (Lipinski definition) is 5. The summed E-state index contributed by atoms with van der Waals surface area (Å²) in [5.74, 6) is -1.07.